The summed E-state index contributed by atoms with van der Waals surface area (Å²) in [5.41, 5.74) is 2.18. The Morgan fingerprint density at radius 3 is 2.65 bits per heavy atom. The van der Waals surface area contributed by atoms with Crippen molar-refractivity contribution >= 4 is 17.7 Å². The number of carbonyl (C=O) groups is 3. The number of amides is 3. The minimum Gasteiger partial charge on any atom is -0.350 e. The smallest absolute Gasteiger partial charge is 0.255 e. The van der Waals surface area contributed by atoms with E-state index < -0.39 is 17.8 Å². The van der Waals surface area contributed by atoms with E-state index in [1.807, 2.05) is 0 Å². The number of aromatic nitrogens is 2. The SMILES string of the molecule is Cc1nccn1-c1ccc(CNC(=O)CNC(=O)C2c3ccccc3C(=O)N2C2CC2)cc1F. The van der Waals surface area contributed by atoms with Crippen molar-refractivity contribution in [3.8, 4) is 5.69 Å². The van der Waals surface area contributed by atoms with Gasteiger partial charge in [0.25, 0.3) is 5.91 Å². The molecular formula is C25H24FN5O3. The summed E-state index contributed by atoms with van der Waals surface area (Å²) in [6, 6.07) is 11.2. The molecule has 2 aromatic carbocycles. The van der Waals surface area contributed by atoms with E-state index in [1.165, 1.54) is 6.07 Å². The molecule has 0 radical (unpaired) electrons. The molecule has 1 saturated carbocycles. The summed E-state index contributed by atoms with van der Waals surface area (Å²) in [6.07, 6.45) is 5.03. The van der Waals surface area contributed by atoms with Crippen LogP contribution in [-0.2, 0) is 16.1 Å². The highest BCUT2D eigenvalue weighted by atomic mass is 19.1. The molecule has 1 aliphatic heterocycles. The maximum absolute atomic E-state index is 14.6. The number of nitrogens with one attached hydrogen (secondary N) is 2. The van der Waals surface area contributed by atoms with Crippen LogP contribution in [-0.4, -0.2) is 44.8 Å². The van der Waals surface area contributed by atoms with Crippen molar-refractivity contribution in [3.05, 3.63) is 83.2 Å². The third kappa shape index (κ3) is 4.05. The summed E-state index contributed by atoms with van der Waals surface area (Å²) in [5, 5.41) is 5.34. The highest BCUT2D eigenvalue weighted by Gasteiger charge is 2.47. The lowest BCUT2D eigenvalue weighted by molar-refractivity contribution is -0.129. The molecule has 1 unspecified atom stereocenters. The van der Waals surface area contributed by atoms with Gasteiger partial charge in [-0.15, -0.1) is 0 Å². The van der Waals surface area contributed by atoms with Crippen LogP contribution in [0.4, 0.5) is 4.39 Å². The van der Waals surface area contributed by atoms with Gasteiger partial charge in [0.15, 0.2) is 0 Å². The Balaban J connectivity index is 1.18. The largest absolute Gasteiger partial charge is 0.350 e. The van der Waals surface area contributed by atoms with Crippen molar-refractivity contribution in [2.45, 2.75) is 38.4 Å². The lowest BCUT2D eigenvalue weighted by atomic mass is 10.0. The van der Waals surface area contributed by atoms with Gasteiger partial charge in [-0.1, -0.05) is 24.3 Å². The highest BCUT2D eigenvalue weighted by molar-refractivity contribution is 6.05. The van der Waals surface area contributed by atoms with Crippen molar-refractivity contribution in [1.82, 2.24) is 25.1 Å². The summed E-state index contributed by atoms with van der Waals surface area (Å²) in [5.74, 6) is -0.683. The van der Waals surface area contributed by atoms with Crippen LogP contribution in [0.5, 0.6) is 0 Å². The number of aryl methyl sites for hydroxylation is 1. The van der Waals surface area contributed by atoms with Crippen molar-refractivity contribution in [2.24, 2.45) is 0 Å². The normalized spacial score (nSPS) is 16.9. The first-order chi connectivity index (χ1) is 16.4. The van der Waals surface area contributed by atoms with E-state index in [2.05, 4.69) is 15.6 Å². The molecule has 2 heterocycles. The highest BCUT2D eigenvalue weighted by Crippen LogP contribution is 2.41. The number of hydrogen-bond donors (Lipinski definition) is 2. The van der Waals surface area contributed by atoms with Gasteiger partial charge in [-0.3, -0.25) is 14.4 Å². The van der Waals surface area contributed by atoms with Crippen LogP contribution in [0.3, 0.4) is 0 Å². The molecule has 0 spiro atoms. The average molecular weight is 461 g/mol. The van der Waals surface area contributed by atoms with E-state index in [0.29, 0.717) is 28.2 Å². The molecule has 1 aliphatic carbocycles. The molecule has 1 aromatic heterocycles. The summed E-state index contributed by atoms with van der Waals surface area (Å²) in [6.45, 7) is 1.67. The van der Waals surface area contributed by atoms with Gasteiger partial charge in [0.2, 0.25) is 11.8 Å². The second-order valence-corrected chi connectivity index (χ2v) is 8.56. The van der Waals surface area contributed by atoms with Crippen LogP contribution in [0, 0.1) is 12.7 Å². The second kappa shape index (κ2) is 8.74. The van der Waals surface area contributed by atoms with Crippen molar-refractivity contribution in [3.63, 3.8) is 0 Å². The monoisotopic (exact) mass is 461 g/mol. The Hall–Kier alpha value is -4.01. The van der Waals surface area contributed by atoms with E-state index >= 15 is 0 Å². The number of hydrogen-bond acceptors (Lipinski definition) is 4. The lowest BCUT2D eigenvalue weighted by Crippen LogP contribution is -2.43. The average Bonchev–Trinajstić information content (AvgIpc) is 3.52. The van der Waals surface area contributed by atoms with Gasteiger partial charge in [0.1, 0.15) is 17.7 Å². The standard InChI is InChI=1S/C25H24FN5O3/c1-15-27-10-11-30(15)21-9-6-16(12-20(21)26)13-28-22(32)14-29-24(33)23-18-4-2-3-5-19(18)25(34)31(23)17-7-8-17/h2-6,9-12,17,23H,7-8,13-14H2,1H3,(H,28,32)(H,29,33). The molecule has 2 aliphatic rings. The predicted octanol–water partition coefficient (Wildman–Crippen LogP) is 2.41. The van der Waals surface area contributed by atoms with Gasteiger partial charge < -0.3 is 20.1 Å². The van der Waals surface area contributed by atoms with E-state index in [0.717, 1.165) is 12.8 Å². The van der Waals surface area contributed by atoms with Gasteiger partial charge in [-0.05, 0) is 49.1 Å². The van der Waals surface area contributed by atoms with Crippen LogP contribution in [0.15, 0.2) is 54.9 Å². The summed E-state index contributed by atoms with van der Waals surface area (Å²) >= 11 is 0. The quantitative estimate of drug-likeness (QED) is 0.565. The molecule has 0 bridgehead atoms. The van der Waals surface area contributed by atoms with Crippen LogP contribution in [0.2, 0.25) is 0 Å². The molecule has 2 N–H and O–H groups in total. The number of benzene rings is 2. The summed E-state index contributed by atoms with van der Waals surface area (Å²) in [4.78, 5) is 43.8. The number of rotatable bonds is 7. The fraction of sp³-hybridized carbons (Fsp3) is 0.280. The number of fused-ring (bicyclic) bond motifs is 1. The third-order valence-corrected chi connectivity index (χ3v) is 6.20. The summed E-state index contributed by atoms with van der Waals surface area (Å²) < 4.78 is 16.2. The number of halogens is 1. The van der Waals surface area contributed by atoms with E-state index in [9.17, 15) is 18.8 Å². The molecule has 34 heavy (non-hydrogen) atoms. The van der Waals surface area contributed by atoms with Gasteiger partial charge >= 0.3 is 0 Å². The fourth-order valence-corrected chi connectivity index (χ4v) is 4.35. The van der Waals surface area contributed by atoms with Crippen LogP contribution < -0.4 is 10.6 Å². The van der Waals surface area contributed by atoms with Crippen LogP contribution in [0.25, 0.3) is 5.69 Å². The first-order valence-corrected chi connectivity index (χ1v) is 11.2. The van der Waals surface area contributed by atoms with Crippen molar-refractivity contribution in [2.75, 3.05) is 6.54 Å². The zero-order chi connectivity index (χ0) is 23.8. The van der Waals surface area contributed by atoms with E-state index in [-0.39, 0.29) is 30.9 Å². The molecule has 1 atom stereocenters. The molecule has 8 nitrogen and oxygen atoms in total. The fourth-order valence-electron chi connectivity index (χ4n) is 4.35. The van der Waals surface area contributed by atoms with Gasteiger partial charge in [0.05, 0.1) is 12.2 Å². The zero-order valence-electron chi connectivity index (χ0n) is 18.6. The lowest BCUT2D eigenvalue weighted by Gasteiger charge is -2.24. The Morgan fingerprint density at radius 2 is 1.94 bits per heavy atom. The third-order valence-electron chi connectivity index (χ3n) is 6.20. The van der Waals surface area contributed by atoms with E-state index in [1.54, 1.807) is 65.2 Å². The Labute approximate surface area is 195 Å². The minimum atomic E-state index is -0.725. The first-order valence-electron chi connectivity index (χ1n) is 11.2. The molecule has 5 rings (SSSR count). The topological polar surface area (TPSA) is 96.3 Å². The van der Waals surface area contributed by atoms with E-state index in [4.69, 9.17) is 0 Å². The van der Waals surface area contributed by atoms with Gasteiger partial charge in [-0.25, -0.2) is 9.37 Å². The molecule has 1 fully saturated rings. The molecule has 0 saturated heterocycles. The molecule has 3 amide bonds. The maximum atomic E-state index is 14.6. The minimum absolute atomic E-state index is 0.0634. The number of carbonyl (C=O) groups excluding carboxylic acids is 3. The maximum Gasteiger partial charge on any atom is 0.255 e. The summed E-state index contributed by atoms with van der Waals surface area (Å²) in [7, 11) is 0. The number of imidazole rings is 1. The molecule has 3 aromatic rings. The Kier molecular flexibility index (Phi) is 5.61. The van der Waals surface area contributed by atoms with Gasteiger partial charge in [0, 0.05) is 30.5 Å². The predicted molar refractivity (Wildman–Crippen MR) is 121 cm³/mol. The van der Waals surface area contributed by atoms with Crippen molar-refractivity contribution in [1.29, 1.82) is 0 Å². The van der Waals surface area contributed by atoms with Crippen molar-refractivity contribution < 1.29 is 18.8 Å². The Morgan fingerprint density at radius 1 is 1.15 bits per heavy atom. The second-order valence-electron chi connectivity index (χ2n) is 8.56. The van der Waals surface area contributed by atoms with Gasteiger partial charge in [-0.2, -0.15) is 0 Å². The first kappa shape index (κ1) is 21.8. The van der Waals surface area contributed by atoms with Crippen LogP contribution >= 0.6 is 0 Å². The van der Waals surface area contributed by atoms with Crippen LogP contribution in [0.1, 0.15) is 46.2 Å². The number of nitrogens with zero attached hydrogens (tertiary/aromatic N) is 3. The molecule has 174 valence electrons. The zero-order valence-corrected chi connectivity index (χ0v) is 18.6. The molecule has 9 heteroatoms. The Bertz CT molecular complexity index is 1280. The molecular weight excluding hydrogens is 437 g/mol.